The van der Waals surface area contributed by atoms with E-state index in [1.54, 1.807) is 67.6 Å². The second kappa shape index (κ2) is 11.7. The smallest absolute Gasteiger partial charge is 0.279 e. The van der Waals surface area contributed by atoms with E-state index < -0.39 is 0 Å². The van der Waals surface area contributed by atoms with Gasteiger partial charge in [0.05, 0.1) is 14.2 Å². The molecule has 2 aromatic rings. The number of likely N-dealkylation sites (N-methyl/N-ethyl adjacent to an activating group) is 1. The highest BCUT2D eigenvalue weighted by Gasteiger charge is 2.16. The molecule has 0 heterocycles. The van der Waals surface area contributed by atoms with Crippen LogP contribution in [0.5, 0.6) is 5.75 Å². The summed E-state index contributed by atoms with van der Waals surface area (Å²) in [5.74, 6) is 0.141. The number of hydrogen-bond acceptors (Lipinski definition) is 4. The third kappa shape index (κ3) is 7.42. The van der Waals surface area contributed by atoms with Gasteiger partial charge in [-0.15, -0.1) is 0 Å². The van der Waals surface area contributed by atoms with E-state index in [0.29, 0.717) is 35.8 Å². The first-order valence-corrected chi connectivity index (χ1v) is 10.3. The molecular formula is C23H31N4O4+. The Bertz CT molecular complexity index is 912. The normalized spacial score (nSPS) is 11.4. The Morgan fingerprint density at radius 3 is 2.00 bits per heavy atom. The molecule has 2 rings (SSSR count). The summed E-state index contributed by atoms with van der Waals surface area (Å²) in [5.41, 5.74) is 1.72. The predicted octanol–water partition coefficient (Wildman–Crippen LogP) is 1.27. The Labute approximate surface area is 183 Å². The highest BCUT2D eigenvalue weighted by molar-refractivity contribution is 5.97. The Balaban J connectivity index is 1.88. The molecule has 0 bridgehead atoms. The van der Waals surface area contributed by atoms with Crippen LogP contribution < -0.4 is 20.3 Å². The van der Waals surface area contributed by atoms with Crippen LogP contribution in [0, 0.1) is 0 Å². The number of carbonyl (C=O) groups excluding carboxylic acids is 3. The van der Waals surface area contributed by atoms with E-state index in [9.17, 15) is 14.4 Å². The summed E-state index contributed by atoms with van der Waals surface area (Å²) in [6.07, 6.45) is 0. The van der Waals surface area contributed by atoms with Crippen molar-refractivity contribution < 1.29 is 24.0 Å². The van der Waals surface area contributed by atoms with Crippen molar-refractivity contribution in [1.29, 1.82) is 0 Å². The molecule has 0 aliphatic carbocycles. The number of quaternary nitrogens is 1. The zero-order chi connectivity index (χ0) is 22.8. The number of ether oxygens (including phenoxy) is 1. The number of methoxy groups -OCH3 is 1. The van der Waals surface area contributed by atoms with E-state index in [1.807, 2.05) is 13.8 Å². The van der Waals surface area contributed by atoms with Crippen molar-refractivity contribution in [3.63, 3.8) is 0 Å². The van der Waals surface area contributed by atoms with Gasteiger partial charge in [-0.25, -0.2) is 0 Å². The Kier molecular flexibility index (Phi) is 9.02. The fraction of sp³-hybridized carbons (Fsp3) is 0.348. The van der Waals surface area contributed by atoms with Gasteiger partial charge in [-0.3, -0.25) is 14.4 Å². The molecule has 0 spiro atoms. The quantitative estimate of drug-likeness (QED) is 0.533. The lowest BCUT2D eigenvalue weighted by atomic mass is 10.1. The summed E-state index contributed by atoms with van der Waals surface area (Å²) in [6, 6.07) is 14.0. The molecule has 31 heavy (non-hydrogen) atoms. The van der Waals surface area contributed by atoms with E-state index in [2.05, 4.69) is 10.6 Å². The molecule has 1 atom stereocenters. The monoisotopic (exact) mass is 427 g/mol. The SMILES string of the molecule is CCN(CC)C(=O)c1cccc(NC(=O)C[NH+](C)CC(=O)Nc2cccc(OC)c2)c1. The third-order valence-corrected chi connectivity index (χ3v) is 4.72. The summed E-state index contributed by atoms with van der Waals surface area (Å²) in [5, 5.41) is 5.60. The van der Waals surface area contributed by atoms with Crippen LogP contribution in [-0.4, -0.2) is 63.0 Å². The molecule has 0 fully saturated rings. The first kappa shape index (κ1) is 23.9. The molecule has 0 aliphatic heterocycles. The minimum Gasteiger partial charge on any atom is -0.497 e. The fourth-order valence-corrected chi connectivity index (χ4v) is 3.15. The summed E-state index contributed by atoms with van der Waals surface area (Å²) >= 11 is 0. The zero-order valence-electron chi connectivity index (χ0n) is 18.5. The summed E-state index contributed by atoms with van der Waals surface area (Å²) < 4.78 is 5.14. The second-order valence-corrected chi connectivity index (χ2v) is 7.20. The van der Waals surface area contributed by atoms with E-state index in [4.69, 9.17) is 4.74 Å². The predicted molar refractivity (Wildman–Crippen MR) is 121 cm³/mol. The number of rotatable bonds is 10. The number of nitrogens with one attached hydrogen (secondary N) is 3. The lowest BCUT2D eigenvalue weighted by Gasteiger charge is -2.19. The van der Waals surface area contributed by atoms with Gasteiger partial charge in [-0.2, -0.15) is 0 Å². The van der Waals surface area contributed by atoms with E-state index in [0.717, 1.165) is 4.90 Å². The Morgan fingerprint density at radius 2 is 1.45 bits per heavy atom. The van der Waals surface area contributed by atoms with Crippen LogP contribution >= 0.6 is 0 Å². The minimum absolute atomic E-state index is 0.0712. The van der Waals surface area contributed by atoms with Gasteiger partial charge in [-0.1, -0.05) is 12.1 Å². The summed E-state index contributed by atoms with van der Waals surface area (Å²) in [6.45, 7) is 5.34. The Morgan fingerprint density at radius 1 is 0.903 bits per heavy atom. The molecule has 0 radical (unpaired) electrons. The lowest BCUT2D eigenvalue weighted by Crippen LogP contribution is -3.11. The first-order valence-electron chi connectivity index (χ1n) is 10.3. The summed E-state index contributed by atoms with van der Waals surface area (Å²) in [7, 11) is 3.33. The van der Waals surface area contributed by atoms with Crippen molar-refractivity contribution in [2.75, 3.05) is 51.0 Å². The van der Waals surface area contributed by atoms with Crippen LogP contribution in [0.1, 0.15) is 24.2 Å². The topological polar surface area (TPSA) is 92.2 Å². The average Bonchev–Trinajstić information content (AvgIpc) is 2.74. The van der Waals surface area contributed by atoms with Crippen LogP contribution in [0.25, 0.3) is 0 Å². The van der Waals surface area contributed by atoms with Gasteiger partial charge in [0.2, 0.25) is 0 Å². The maximum atomic E-state index is 12.5. The van der Waals surface area contributed by atoms with Crippen LogP contribution in [0.4, 0.5) is 11.4 Å². The number of nitrogens with zero attached hydrogens (tertiary/aromatic N) is 1. The van der Waals surface area contributed by atoms with Gasteiger partial charge in [0, 0.05) is 36.1 Å². The van der Waals surface area contributed by atoms with Gasteiger partial charge in [0.1, 0.15) is 5.75 Å². The minimum atomic E-state index is -0.237. The Hall–Kier alpha value is -3.39. The lowest BCUT2D eigenvalue weighted by molar-refractivity contribution is -0.862. The van der Waals surface area contributed by atoms with Crippen molar-refractivity contribution in [3.05, 3.63) is 54.1 Å². The van der Waals surface area contributed by atoms with Crippen molar-refractivity contribution in [1.82, 2.24) is 4.90 Å². The summed E-state index contributed by atoms with van der Waals surface area (Å²) in [4.78, 5) is 39.6. The van der Waals surface area contributed by atoms with Gasteiger partial charge < -0.3 is 25.2 Å². The van der Waals surface area contributed by atoms with Crippen LogP contribution in [0.3, 0.4) is 0 Å². The maximum absolute atomic E-state index is 12.5. The number of hydrogen-bond donors (Lipinski definition) is 3. The first-order chi connectivity index (χ1) is 14.9. The third-order valence-electron chi connectivity index (χ3n) is 4.72. The van der Waals surface area contributed by atoms with Crippen LogP contribution in [0.2, 0.25) is 0 Å². The van der Waals surface area contributed by atoms with Crippen molar-refractivity contribution in [2.24, 2.45) is 0 Å². The largest absolute Gasteiger partial charge is 0.497 e. The van der Waals surface area contributed by atoms with E-state index in [1.165, 1.54) is 0 Å². The fourth-order valence-electron chi connectivity index (χ4n) is 3.15. The molecule has 3 amide bonds. The molecule has 0 saturated carbocycles. The van der Waals surface area contributed by atoms with Crippen molar-refractivity contribution in [3.8, 4) is 5.75 Å². The molecule has 0 aromatic heterocycles. The van der Waals surface area contributed by atoms with Crippen LogP contribution in [-0.2, 0) is 9.59 Å². The molecule has 0 saturated heterocycles. The molecule has 3 N–H and O–H groups in total. The maximum Gasteiger partial charge on any atom is 0.279 e. The average molecular weight is 428 g/mol. The van der Waals surface area contributed by atoms with Crippen molar-refractivity contribution in [2.45, 2.75) is 13.8 Å². The van der Waals surface area contributed by atoms with Crippen LogP contribution in [0.15, 0.2) is 48.5 Å². The van der Waals surface area contributed by atoms with Gasteiger partial charge in [0.25, 0.3) is 17.7 Å². The molecule has 0 aliphatic rings. The molecule has 1 unspecified atom stereocenters. The number of amides is 3. The van der Waals surface area contributed by atoms with E-state index >= 15 is 0 Å². The van der Waals surface area contributed by atoms with Gasteiger partial charge >= 0.3 is 0 Å². The number of anilines is 2. The molecular weight excluding hydrogens is 396 g/mol. The molecule has 8 nitrogen and oxygen atoms in total. The highest BCUT2D eigenvalue weighted by Crippen LogP contribution is 2.16. The molecule has 2 aromatic carbocycles. The molecule has 166 valence electrons. The number of carbonyl (C=O) groups is 3. The zero-order valence-corrected chi connectivity index (χ0v) is 18.5. The highest BCUT2D eigenvalue weighted by atomic mass is 16.5. The standard InChI is InChI=1S/C23H30N4O4/c1-5-27(6-2)23(30)17-9-7-10-18(13-17)24-21(28)15-26(3)16-22(29)25-19-11-8-12-20(14-19)31-4/h7-14H,5-6,15-16H2,1-4H3,(H,24,28)(H,25,29)/p+1. The molecule has 8 heteroatoms. The van der Waals surface area contributed by atoms with Gasteiger partial charge in [-0.05, 0) is 44.2 Å². The van der Waals surface area contributed by atoms with Crippen molar-refractivity contribution >= 4 is 29.1 Å². The van der Waals surface area contributed by atoms with E-state index in [-0.39, 0.29) is 30.8 Å². The second-order valence-electron chi connectivity index (χ2n) is 7.20. The number of benzene rings is 2. The van der Waals surface area contributed by atoms with Gasteiger partial charge in [0.15, 0.2) is 13.1 Å².